The van der Waals surface area contributed by atoms with Crippen molar-refractivity contribution in [2.24, 2.45) is 17.4 Å². The Morgan fingerprint density at radius 3 is 1.75 bits per heavy atom. The maximum Gasteiger partial charge on any atom is 0.339 e. The van der Waals surface area contributed by atoms with Crippen LogP contribution >= 0.6 is 50.5 Å². The zero-order chi connectivity index (χ0) is 38.8. The zero-order valence-electron chi connectivity index (χ0n) is 27.3. The van der Waals surface area contributed by atoms with Gasteiger partial charge in [-0.15, -0.1) is 0 Å². The van der Waals surface area contributed by atoms with Crippen LogP contribution in [-0.2, 0) is 27.1 Å². The number of imide groups is 2. The topological polar surface area (TPSA) is 190 Å². The van der Waals surface area contributed by atoms with Crippen LogP contribution in [0.3, 0.4) is 0 Å². The van der Waals surface area contributed by atoms with E-state index in [1.165, 1.54) is 12.1 Å². The summed E-state index contributed by atoms with van der Waals surface area (Å²) in [6.07, 6.45) is 0.805. The van der Waals surface area contributed by atoms with Crippen LogP contribution < -0.4 is 40.4 Å². The molecule has 4 amide bonds. The summed E-state index contributed by atoms with van der Waals surface area (Å²) < 4.78 is 62.8. The van der Waals surface area contributed by atoms with Gasteiger partial charge in [0, 0.05) is 25.2 Å². The second-order valence-electron chi connectivity index (χ2n) is 10.8. The van der Waals surface area contributed by atoms with Crippen LogP contribution in [0.5, 0.6) is 0 Å². The molecule has 6 N–H and O–H groups in total. The minimum Gasteiger partial charge on any atom is -1.00 e. The van der Waals surface area contributed by atoms with Gasteiger partial charge in [-0.05, 0) is 109 Å². The number of rotatable bonds is 10. The molecule has 0 aliphatic carbocycles. The third-order valence-electron chi connectivity index (χ3n) is 7.43. The maximum absolute atomic E-state index is 13.2. The van der Waals surface area contributed by atoms with Gasteiger partial charge in [0.2, 0.25) is 11.8 Å². The van der Waals surface area contributed by atoms with Crippen molar-refractivity contribution in [2.45, 2.75) is 58.2 Å². The zero-order valence-corrected chi connectivity index (χ0v) is 32.0. The Morgan fingerprint density at radius 1 is 0.827 bits per heavy atom. The average Bonchev–Trinajstić information content (AvgIpc) is 3.02. The fourth-order valence-corrected chi connectivity index (χ4v) is 5.03. The minimum absolute atomic E-state index is 0. The quantitative estimate of drug-likeness (QED) is 0.103. The van der Waals surface area contributed by atoms with Crippen molar-refractivity contribution in [3.63, 3.8) is 0 Å². The molecule has 1 aliphatic heterocycles. The van der Waals surface area contributed by atoms with Gasteiger partial charge in [-0.25, -0.2) is 27.2 Å². The van der Waals surface area contributed by atoms with Crippen LogP contribution in [-0.4, -0.2) is 38.8 Å². The highest BCUT2D eigenvalue weighted by Gasteiger charge is 2.39. The Balaban J connectivity index is 0.000000452. The van der Waals surface area contributed by atoms with E-state index in [1.54, 1.807) is 13.8 Å². The van der Waals surface area contributed by atoms with E-state index < -0.39 is 75.6 Å². The molecule has 22 heteroatoms. The minimum atomic E-state index is -3.22. The number of carbonyl (C=O) groups is 3. The summed E-state index contributed by atoms with van der Waals surface area (Å²) in [6.45, 7) is 3.66. The highest BCUT2D eigenvalue weighted by Crippen LogP contribution is 2.61. The fraction of sp³-hybridized carbons (Fsp3) is 0.367. The summed E-state index contributed by atoms with van der Waals surface area (Å²) in [5.74, 6) is -6.15. The van der Waals surface area contributed by atoms with E-state index >= 15 is 0 Å². The van der Waals surface area contributed by atoms with E-state index in [2.05, 4.69) is 44.0 Å². The molecule has 2 heterocycles. The van der Waals surface area contributed by atoms with E-state index in [-0.39, 0.29) is 61.9 Å². The summed E-state index contributed by atoms with van der Waals surface area (Å²) in [5.41, 5.74) is 11.8. The summed E-state index contributed by atoms with van der Waals surface area (Å²) in [5, 5.41) is -1.13. The number of hydrogen-bond donors (Lipinski definition) is 4. The number of amides is 4. The lowest BCUT2D eigenvalue weighted by molar-refractivity contribution is -0.142. The van der Waals surface area contributed by atoms with Gasteiger partial charge in [-0.2, -0.15) is 0 Å². The van der Waals surface area contributed by atoms with Crippen molar-refractivity contribution in [2.75, 3.05) is 6.54 Å². The molecule has 2 aromatic carbocycles. The molecule has 288 valence electrons. The largest absolute Gasteiger partial charge is 1.00 e. The van der Waals surface area contributed by atoms with Crippen LogP contribution in [0.4, 0.5) is 22.4 Å². The van der Waals surface area contributed by atoms with E-state index in [9.17, 15) is 46.1 Å². The standard InChI is InChI=1S/C15H16ClF2N3O2.C15H17F2N3O3.Cl3OP.ClH/c1-2-21-14(22)9(13(16)20-15(21)23)4-6-12(19)8-3-5-10(17)11(18)7-8;1-2-20-14(22)9(13(21)19-15(20)23)4-6-12(18)8-3-5-10(16)11(17)7-8;1-5(2,3)4;/h3,5,7,12H,2,4,6,19H2,1H3,(H,20,23);3,5,7,9,12H,2,4,6,18H2,1H3,(H,19,21,23);;1H/p-1/t12-;9?,12-;;/m11../s1. The van der Waals surface area contributed by atoms with E-state index in [0.29, 0.717) is 11.1 Å². The molecule has 3 aromatic rings. The lowest BCUT2D eigenvalue weighted by Crippen LogP contribution is -3.00. The molecule has 0 spiro atoms. The number of benzene rings is 2. The van der Waals surface area contributed by atoms with Crippen molar-refractivity contribution in [3.8, 4) is 0 Å². The molecule has 0 bridgehead atoms. The number of aromatic nitrogens is 2. The van der Waals surface area contributed by atoms with Crippen molar-refractivity contribution >= 4 is 68.4 Å². The SMILES string of the molecule is CCN1C(=O)NC(=O)C(CC[C@@H](N)c2ccc(F)c(F)c2)C1=O.CCn1c(=O)[nH]c(Cl)c(CC[C@@H](N)c2ccc(F)c(F)c2)c1=O.O=P(Cl)(Cl)Cl.[Cl-]. The van der Waals surface area contributed by atoms with Crippen LogP contribution in [0.2, 0.25) is 5.15 Å². The molecule has 1 aromatic heterocycles. The number of hydrogen-bond acceptors (Lipinski definition) is 8. The Hall–Kier alpha value is -2.95. The highest BCUT2D eigenvalue weighted by molar-refractivity contribution is 8.24. The first-order valence-corrected chi connectivity index (χ1v) is 19.8. The fourth-order valence-electron chi connectivity index (χ4n) is 4.77. The van der Waals surface area contributed by atoms with Gasteiger partial charge >= 0.3 is 16.9 Å². The van der Waals surface area contributed by atoms with Gasteiger partial charge in [0.05, 0.1) is 5.56 Å². The molecule has 52 heavy (non-hydrogen) atoms. The number of barbiturate groups is 1. The number of aromatic amines is 1. The number of halogens is 9. The third-order valence-corrected chi connectivity index (χ3v) is 7.76. The van der Waals surface area contributed by atoms with Crippen LogP contribution in [0, 0.1) is 29.2 Å². The molecule has 4 rings (SSSR count). The first-order valence-electron chi connectivity index (χ1n) is 15.0. The van der Waals surface area contributed by atoms with Crippen molar-refractivity contribution in [1.29, 1.82) is 0 Å². The van der Waals surface area contributed by atoms with Crippen molar-refractivity contribution in [1.82, 2.24) is 19.8 Å². The second-order valence-corrected chi connectivity index (χ2v) is 17.8. The normalized spacial score (nSPS) is 15.3. The molecule has 12 nitrogen and oxygen atoms in total. The number of carbonyl (C=O) groups excluding carboxylic acids is 3. The van der Waals surface area contributed by atoms with E-state index in [4.69, 9.17) is 23.1 Å². The Labute approximate surface area is 320 Å². The Morgan fingerprint density at radius 2 is 1.31 bits per heavy atom. The number of H-pyrrole nitrogens is 1. The summed E-state index contributed by atoms with van der Waals surface area (Å²) in [4.78, 5) is 62.6. The molecule has 1 aliphatic rings. The number of nitrogens with one attached hydrogen (secondary N) is 2. The lowest BCUT2D eigenvalue weighted by atomic mass is 9.93. The molecule has 1 unspecified atom stereocenters. The van der Waals surface area contributed by atoms with Crippen LogP contribution in [0.15, 0.2) is 46.0 Å². The smallest absolute Gasteiger partial charge is 0.339 e. The molecule has 0 radical (unpaired) electrons. The average molecular weight is 858 g/mol. The van der Waals surface area contributed by atoms with Crippen molar-refractivity contribution < 1.29 is 48.9 Å². The van der Waals surface area contributed by atoms with E-state index in [1.807, 2.05) is 0 Å². The molecule has 0 saturated carbocycles. The van der Waals surface area contributed by atoms with Crippen LogP contribution in [0.25, 0.3) is 0 Å². The molecule has 3 atom stereocenters. The van der Waals surface area contributed by atoms with Gasteiger partial charge in [-0.1, -0.05) is 23.7 Å². The number of nitrogens with two attached hydrogens (primary N) is 2. The van der Waals surface area contributed by atoms with Gasteiger partial charge < -0.3 is 23.9 Å². The summed E-state index contributed by atoms with van der Waals surface area (Å²) >= 11 is 19.8. The number of urea groups is 1. The maximum atomic E-state index is 13.2. The van der Waals surface area contributed by atoms with Gasteiger partial charge in [0.15, 0.2) is 23.3 Å². The van der Waals surface area contributed by atoms with Gasteiger partial charge in [-0.3, -0.25) is 38.7 Å². The monoisotopic (exact) mass is 855 g/mol. The molecule has 1 saturated heterocycles. The lowest BCUT2D eigenvalue weighted by Gasteiger charge is -2.29. The number of nitrogens with zero attached hydrogens (tertiary/aromatic N) is 2. The van der Waals surface area contributed by atoms with Crippen molar-refractivity contribution in [3.05, 3.63) is 102 Å². The van der Waals surface area contributed by atoms with E-state index in [0.717, 1.165) is 33.7 Å². The Bertz CT molecular complexity index is 1910. The molecular weight excluding hydrogens is 825 g/mol. The summed E-state index contributed by atoms with van der Waals surface area (Å²) in [6, 6.07) is 4.76. The Kier molecular flexibility index (Phi) is 19.1. The van der Waals surface area contributed by atoms with Crippen LogP contribution in [0.1, 0.15) is 61.9 Å². The first-order chi connectivity index (χ1) is 23.7. The second kappa shape index (κ2) is 21.1. The summed E-state index contributed by atoms with van der Waals surface area (Å²) in [7, 11) is 0. The highest BCUT2D eigenvalue weighted by atomic mass is 36.0. The molecule has 1 fully saturated rings. The third kappa shape index (κ3) is 13.8. The van der Waals surface area contributed by atoms with Gasteiger partial charge in [0.25, 0.3) is 5.56 Å². The molecular formula is C30H33Cl5F4N6O6P-. The first kappa shape index (κ1) is 47.1. The van der Waals surface area contributed by atoms with Gasteiger partial charge in [0.1, 0.15) is 11.1 Å². The predicted molar refractivity (Wildman–Crippen MR) is 186 cm³/mol. The predicted octanol–water partition coefficient (Wildman–Crippen LogP) is 3.39.